The summed E-state index contributed by atoms with van der Waals surface area (Å²) in [6, 6.07) is 15.7. The van der Waals surface area contributed by atoms with Gasteiger partial charge in [-0.2, -0.15) is 5.10 Å². The molecule has 0 fully saturated rings. The van der Waals surface area contributed by atoms with E-state index in [1.807, 2.05) is 48.5 Å². The van der Waals surface area contributed by atoms with Gasteiger partial charge in [0.15, 0.2) is 0 Å². The van der Waals surface area contributed by atoms with Gasteiger partial charge >= 0.3 is 0 Å². The van der Waals surface area contributed by atoms with Crippen LogP contribution in [0.15, 0.2) is 53.6 Å². The third kappa shape index (κ3) is 2.78. The summed E-state index contributed by atoms with van der Waals surface area (Å²) in [7, 11) is 1.65. The zero-order valence-corrected chi connectivity index (χ0v) is 11.7. The Balaban J connectivity index is 1.69. The van der Waals surface area contributed by atoms with Crippen LogP contribution in [-0.2, 0) is 0 Å². The van der Waals surface area contributed by atoms with Crippen LogP contribution in [0.2, 0.25) is 0 Å². The normalized spacial score (nSPS) is 11.1. The van der Waals surface area contributed by atoms with Crippen molar-refractivity contribution in [2.24, 2.45) is 5.10 Å². The highest BCUT2D eigenvalue weighted by Gasteiger charge is 2.00. The maximum absolute atomic E-state index is 5.11. The molecule has 4 nitrogen and oxygen atoms in total. The van der Waals surface area contributed by atoms with Crippen molar-refractivity contribution in [2.75, 3.05) is 12.5 Å². The van der Waals surface area contributed by atoms with Gasteiger partial charge in [-0.25, -0.2) is 4.98 Å². The summed E-state index contributed by atoms with van der Waals surface area (Å²) in [5.41, 5.74) is 4.94. The maximum atomic E-state index is 5.11. The van der Waals surface area contributed by atoms with Crippen LogP contribution in [0.25, 0.3) is 10.2 Å². The Bertz CT molecular complexity index is 701. The second-order valence-corrected chi connectivity index (χ2v) is 5.16. The van der Waals surface area contributed by atoms with Crippen LogP contribution >= 0.6 is 11.3 Å². The van der Waals surface area contributed by atoms with Gasteiger partial charge in [-0.05, 0) is 42.0 Å². The second-order valence-electron chi connectivity index (χ2n) is 4.13. The molecule has 0 saturated carbocycles. The average molecular weight is 283 g/mol. The molecule has 2 aromatic carbocycles. The Morgan fingerprint density at radius 3 is 2.70 bits per heavy atom. The molecular formula is C15H13N3OS. The fourth-order valence-electron chi connectivity index (χ4n) is 1.77. The molecule has 0 unspecified atom stereocenters. The maximum Gasteiger partial charge on any atom is 0.204 e. The van der Waals surface area contributed by atoms with Crippen molar-refractivity contribution in [3.63, 3.8) is 0 Å². The summed E-state index contributed by atoms with van der Waals surface area (Å²) >= 11 is 1.58. The van der Waals surface area contributed by atoms with E-state index in [0.717, 1.165) is 26.7 Å². The minimum Gasteiger partial charge on any atom is -0.497 e. The first kappa shape index (κ1) is 12.6. The third-order valence-electron chi connectivity index (χ3n) is 2.78. The second kappa shape index (κ2) is 5.71. The van der Waals surface area contributed by atoms with E-state index in [0.29, 0.717) is 0 Å². The summed E-state index contributed by atoms with van der Waals surface area (Å²) in [5, 5.41) is 4.98. The molecule has 0 atom stereocenters. The number of para-hydroxylation sites is 1. The fourth-order valence-corrected chi connectivity index (χ4v) is 2.59. The van der Waals surface area contributed by atoms with Gasteiger partial charge in [0.05, 0.1) is 23.5 Å². The molecule has 0 amide bonds. The van der Waals surface area contributed by atoms with E-state index in [1.54, 1.807) is 24.7 Å². The van der Waals surface area contributed by atoms with Gasteiger partial charge < -0.3 is 4.74 Å². The predicted molar refractivity (Wildman–Crippen MR) is 83.8 cm³/mol. The van der Waals surface area contributed by atoms with Gasteiger partial charge in [-0.1, -0.05) is 23.5 Å². The molecule has 1 heterocycles. The zero-order valence-electron chi connectivity index (χ0n) is 10.9. The standard InChI is InChI=1S/C15H13N3OS/c1-19-12-8-6-11(7-9-12)10-16-18-15-17-13-4-2-3-5-14(13)20-15/h2-10H,1H3,(H,17,18)/b16-10-. The first-order chi connectivity index (χ1) is 9.85. The van der Waals surface area contributed by atoms with Crippen LogP contribution in [0, 0.1) is 0 Å². The van der Waals surface area contributed by atoms with Gasteiger partial charge in [-0.3, -0.25) is 5.43 Å². The monoisotopic (exact) mass is 283 g/mol. The number of nitrogens with zero attached hydrogens (tertiary/aromatic N) is 2. The minimum absolute atomic E-state index is 0.788. The number of ether oxygens (including phenoxy) is 1. The molecule has 1 N–H and O–H groups in total. The molecule has 20 heavy (non-hydrogen) atoms. The summed E-state index contributed by atoms with van der Waals surface area (Å²) in [5.74, 6) is 0.835. The number of anilines is 1. The number of nitrogens with one attached hydrogen (secondary N) is 1. The lowest BCUT2D eigenvalue weighted by Crippen LogP contribution is -1.90. The molecule has 0 aliphatic rings. The van der Waals surface area contributed by atoms with Crippen molar-refractivity contribution in [3.05, 3.63) is 54.1 Å². The molecule has 0 spiro atoms. The Morgan fingerprint density at radius 1 is 1.15 bits per heavy atom. The highest BCUT2D eigenvalue weighted by atomic mass is 32.1. The number of benzene rings is 2. The first-order valence-electron chi connectivity index (χ1n) is 6.14. The fraction of sp³-hybridized carbons (Fsp3) is 0.0667. The number of aromatic nitrogens is 1. The Hall–Kier alpha value is -2.40. The van der Waals surface area contributed by atoms with Crippen molar-refractivity contribution in [1.82, 2.24) is 4.98 Å². The molecule has 1 aromatic heterocycles. The van der Waals surface area contributed by atoms with Crippen LogP contribution in [0.1, 0.15) is 5.56 Å². The van der Waals surface area contributed by atoms with E-state index in [1.165, 1.54) is 0 Å². The summed E-state index contributed by atoms with van der Waals surface area (Å²) < 4.78 is 6.26. The Labute approximate surface area is 120 Å². The van der Waals surface area contributed by atoms with Crippen molar-refractivity contribution in [1.29, 1.82) is 0 Å². The topological polar surface area (TPSA) is 46.5 Å². The van der Waals surface area contributed by atoms with Crippen LogP contribution in [-0.4, -0.2) is 18.3 Å². The van der Waals surface area contributed by atoms with Crippen LogP contribution in [0.3, 0.4) is 0 Å². The van der Waals surface area contributed by atoms with Crippen molar-refractivity contribution >= 4 is 32.9 Å². The largest absolute Gasteiger partial charge is 0.497 e. The summed E-state index contributed by atoms with van der Waals surface area (Å²) in [6.07, 6.45) is 1.76. The zero-order chi connectivity index (χ0) is 13.8. The smallest absolute Gasteiger partial charge is 0.204 e. The van der Waals surface area contributed by atoms with E-state index in [2.05, 4.69) is 15.5 Å². The first-order valence-corrected chi connectivity index (χ1v) is 6.95. The van der Waals surface area contributed by atoms with E-state index in [9.17, 15) is 0 Å². The van der Waals surface area contributed by atoms with E-state index >= 15 is 0 Å². The number of hydrogen-bond acceptors (Lipinski definition) is 5. The molecular weight excluding hydrogens is 270 g/mol. The number of thiazole rings is 1. The summed E-state index contributed by atoms with van der Waals surface area (Å²) in [4.78, 5) is 4.44. The molecule has 3 rings (SSSR count). The molecule has 3 aromatic rings. The lowest BCUT2D eigenvalue weighted by molar-refractivity contribution is 0.415. The lowest BCUT2D eigenvalue weighted by Gasteiger charge is -1.98. The quantitative estimate of drug-likeness (QED) is 0.586. The van der Waals surface area contributed by atoms with Crippen LogP contribution < -0.4 is 10.2 Å². The van der Waals surface area contributed by atoms with Gasteiger partial charge in [-0.15, -0.1) is 0 Å². The molecule has 0 aliphatic heterocycles. The molecule has 0 bridgehead atoms. The van der Waals surface area contributed by atoms with Crippen LogP contribution in [0.4, 0.5) is 5.13 Å². The predicted octanol–water partition coefficient (Wildman–Crippen LogP) is 3.75. The number of fused-ring (bicyclic) bond motifs is 1. The molecule has 0 aliphatic carbocycles. The number of rotatable bonds is 4. The van der Waals surface area contributed by atoms with Gasteiger partial charge in [0.2, 0.25) is 5.13 Å². The number of hydrogen-bond donors (Lipinski definition) is 1. The van der Waals surface area contributed by atoms with Crippen LogP contribution in [0.5, 0.6) is 5.75 Å². The van der Waals surface area contributed by atoms with E-state index < -0.39 is 0 Å². The third-order valence-corrected chi connectivity index (χ3v) is 3.72. The van der Waals surface area contributed by atoms with Crippen molar-refractivity contribution in [3.8, 4) is 5.75 Å². The number of hydrazone groups is 1. The molecule has 100 valence electrons. The van der Waals surface area contributed by atoms with E-state index in [4.69, 9.17) is 4.74 Å². The van der Waals surface area contributed by atoms with Crippen molar-refractivity contribution < 1.29 is 4.74 Å². The van der Waals surface area contributed by atoms with Gasteiger partial charge in [0, 0.05) is 0 Å². The molecule has 0 radical (unpaired) electrons. The SMILES string of the molecule is COc1ccc(/C=N\Nc2nc3ccccc3s2)cc1. The lowest BCUT2D eigenvalue weighted by atomic mass is 10.2. The average Bonchev–Trinajstić information content (AvgIpc) is 2.90. The van der Waals surface area contributed by atoms with Crippen molar-refractivity contribution in [2.45, 2.75) is 0 Å². The Morgan fingerprint density at radius 2 is 1.95 bits per heavy atom. The van der Waals surface area contributed by atoms with Gasteiger partial charge in [0.1, 0.15) is 5.75 Å². The minimum atomic E-state index is 0.788. The number of methoxy groups -OCH3 is 1. The highest BCUT2D eigenvalue weighted by molar-refractivity contribution is 7.22. The highest BCUT2D eigenvalue weighted by Crippen LogP contribution is 2.25. The summed E-state index contributed by atoms with van der Waals surface area (Å²) in [6.45, 7) is 0. The molecule has 0 saturated heterocycles. The van der Waals surface area contributed by atoms with E-state index in [-0.39, 0.29) is 0 Å². The van der Waals surface area contributed by atoms with Gasteiger partial charge in [0.25, 0.3) is 0 Å². The molecule has 5 heteroatoms. The Kier molecular flexibility index (Phi) is 3.60.